The van der Waals surface area contributed by atoms with Crippen molar-refractivity contribution in [1.29, 1.82) is 0 Å². The maximum absolute atomic E-state index is 0. The minimum atomic E-state index is 0. The monoisotopic (exact) mass is 228 g/mol. The van der Waals surface area contributed by atoms with Crippen LogP contribution in [-0.2, 0) is 0 Å². The van der Waals surface area contributed by atoms with Gasteiger partial charge in [-0.15, -0.1) is 34.0 Å². The van der Waals surface area contributed by atoms with Crippen LogP contribution in [0.1, 0.15) is 0 Å². The Hall–Kier alpha value is 1.82. The normalized spacial score (nSPS) is 0. The molecule has 0 radical (unpaired) electrons. The fourth-order valence-corrected chi connectivity index (χ4v) is 0. The topological polar surface area (TPSA) is 0 Å². The summed E-state index contributed by atoms with van der Waals surface area (Å²) in [5, 5.41) is 0. The fourth-order valence-electron chi connectivity index (χ4n) is 0. The minimum Gasteiger partial charge on any atom is -0.153 e. The molecule has 32 valence electrons. The lowest BCUT2D eigenvalue weighted by Gasteiger charge is -0.154. The lowest BCUT2D eigenvalue weighted by molar-refractivity contribution is 6.92. The molecule has 0 amide bonds. The maximum Gasteiger partial charge on any atom is -0.114 e. The largest absolute Gasteiger partial charge is 0.153 e. The van der Waals surface area contributed by atoms with Crippen molar-refractivity contribution in [2.75, 3.05) is 0 Å². The second-order valence-electron chi connectivity index (χ2n) is 0. The van der Waals surface area contributed by atoms with E-state index < -0.39 is 0 Å². The summed E-state index contributed by atoms with van der Waals surface area (Å²) in [6, 6.07) is 0. The Balaban J connectivity index is 0. The van der Waals surface area contributed by atoms with Gasteiger partial charge in [-0.25, -0.2) is 0 Å². The predicted octanol–water partition coefficient (Wildman–Crippen LogP) is 1.27. The van der Waals surface area contributed by atoms with Gasteiger partial charge in [-0.2, -0.15) is 19.8 Å². The van der Waals surface area contributed by atoms with Gasteiger partial charge < -0.3 is 0 Å². The third-order valence-electron chi connectivity index (χ3n) is 0. The molecule has 2 atom stereocenters. The smallest absolute Gasteiger partial charge is 0.114 e. The lowest BCUT2D eigenvalue weighted by atomic mass is 31.0. The van der Waals surface area contributed by atoms with Crippen LogP contribution < -0.4 is 0 Å². The molecule has 0 bridgehead atoms. The second-order valence-corrected chi connectivity index (χ2v) is 0. The molecule has 0 aromatic heterocycles. The van der Waals surface area contributed by atoms with Gasteiger partial charge in [0.2, 0.25) is 0 Å². The molecule has 0 aromatic rings. The van der Waals surface area contributed by atoms with Crippen molar-refractivity contribution in [2.45, 2.75) is 0 Å². The average molecular weight is 230 g/mol. The number of rotatable bonds is 0. The SMILES string of the molecule is Br.Br.P.P. The van der Waals surface area contributed by atoms with E-state index in [9.17, 15) is 0 Å². The van der Waals surface area contributed by atoms with E-state index in [1.54, 1.807) is 0 Å². The first-order chi connectivity index (χ1) is 0. The maximum atomic E-state index is 0. The summed E-state index contributed by atoms with van der Waals surface area (Å²) in [5.41, 5.74) is 0. The third-order valence-corrected chi connectivity index (χ3v) is 0. The Morgan fingerprint density at radius 3 is 0.500 bits per heavy atom. The highest BCUT2D eigenvalue weighted by Crippen LogP contribution is 0.862. The molecule has 0 aliphatic carbocycles. The zero-order valence-corrected chi connectivity index (χ0v) is 8.49. The van der Waals surface area contributed by atoms with E-state index in [1.807, 2.05) is 0 Å². The molecule has 0 N–H and O–H groups in total. The molecular weight excluding hydrogens is 222 g/mol. The van der Waals surface area contributed by atoms with Crippen LogP contribution in [0.15, 0.2) is 0 Å². The van der Waals surface area contributed by atoms with E-state index in [2.05, 4.69) is 0 Å². The number of halogens is 2. The molecule has 0 aliphatic rings. The van der Waals surface area contributed by atoms with Crippen LogP contribution >= 0.6 is 53.8 Å². The van der Waals surface area contributed by atoms with Crippen LogP contribution in [0.3, 0.4) is 0 Å². The summed E-state index contributed by atoms with van der Waals surface area (Å²) in [5.74, 6) is 0. The first-order valence-corrected chi connectivity index (χ1v) is 0. The van der Waals surface area contributed by atoms with Gasteiger partial charge >= 0.3 is 0 Å². The van der Waals surface area contributed by atoms with Crippen LogP contribution in [0.25, 0.3) is 0 Å². The molecule has 4 heteroatoms. The Morgan fingerprint density at radius 2 is 0.500 bits per heavy atom. The molecule has 0 saturated heterocycles. The van der Waals surface area contributed by atoms with Crippen LogP contribution in [0, 0.1) is 0 Å². The molecule has 0 heterocycles. The van der Waals surface area contributed by atoms with Crippen molar-refractivity contribution in [3.8, 4) is 0 Å². The highest BCUT2D eigenvalue weighted by Gasteiger charge is -0.113. The number of hydrogen-bond acceptors (Lipinski definition) is 0. The molecule has 0 fully saturated rings. The molecule has 4 heavy (non-hydrogen) atoms. The standard InChI is InChI=1S/2BrH.2H3P/h2*1H;2*1H3. The summed E-state index contributed by atoms with van der Waals surface area (Å²) < 4.78 is 0. The molecule has 0 rings (SSSR count). The molecule has 0 aliphatic heterocycles. The summed E-state index contributed by atoms with van der Waals surface area (Å²) in [7, 11) is 0. The van der Waals surface area contributed by atoms with E-state index >= 15 is 0 Å². The van der Waals surface area contributed by atoms with E-state index in [1.165, 1.54) is 0 Å². The van der Waals surface area contributed by atoms with Crippen molar-refractivity contribution >= 4 is 53.8 Å². The predicted molar refractivity (Wildman–Crippen MR) is 42.9 cm³/mol. The van der Waals surface area contributed by atoms with Crippen LogP contribution in [0.5, 0.6) is 0 Å². The Kier molecular flexibility index (Phi) is 217. The molecule has 0 saturated carbocycles. The molecule has 2 unspecified atom stereocenters. The van der Waals surface area contributed by atoms with Gasteiger partial charge in [0.1, 0.15) is 0 Å². The zero-order chi connectivity index (χ0) is 0. The Labute approximate surface area is 53.9 Å². The van der Waals surface area contributed by atoms with Gasteiger partial charge in [0, 0.05) is 0 Å². The van der Waals surface area contributed by atoms with Gasteiger partial charge in [0.05, 0.1) is 0 Å². The van der Waals surface area contributed by atoms with Gasteiger partial charge in [0.15, 0.2) is 0 Å². The number of hydrogen-bond donors (Lipinski definition) is 0. The molecule has 0 spiro atoms. The van der Waals surface area contributed by atoms with Crippen molar-refractivity contribution in [3.63, 3.8) is 0 Å². The Morgan fingerprint density at radius 1 is 0.500 bits per heavy atom. The zero-order valence-electron chi connectivity index (χ0n) is 2.23. The van der Waals surface area contributed by atoms with Gasteiger partial charge in [0.25, 0.3) is 0 Å². The summed E-state index contributed by atoms with van der Waals surface area (Å²) in [6.07, 6.45) is 0. The van der Waals surface area contributed by atoms with Crippen LogP contribution in [-0.4, -0.2) is 0 Å². The van der Waals surface area contributed by atoms with E-state index in [-0.39, 0.29) is 53.8 Å². The molecule has 0 aromatic carbocycles. The molecule has 0 nitrogen and oxygen atoms in total. The van der Waals surface area contributed by atoms with E-state index in [0.29, 0.717) is 0 Å². The van der Waals surface area contributed by atoms with Gasteiger partial charge in [-0.3, -0.25) is 0 Å². The summed E-state index contributed by atoms with van der Waals surface area (Å²) >= 11 is 0. The van der Waals surface area contributed by atoms with Crippen molar-refractivity contribution in [3.05, 3.63) is 0 Å². The Bertz CT molecular complexity index is 4.00. The van der Waals surface area contributed by atoms with Crippen molar-refractivity contribution < 1.29 is 0 Å². The van der Waals surface area contributed by atoms with Crippen molar-refractivity contribution in [1.82, 2.24) is 0 Å². The summed E-state index contributed by atoms with van der Waals surface area (Å²) in [6.45, 7) is 0. The highest BCUT2D eigenvalue weighted by molar-refractivity contribution is 8.93. The highest BCUT2D eigenvalue weighted by atomic mass is 79.9. The average Bonchev–Trinajstić information content (AvgIpc) is 0. The van der Waals surface area contributed by atoms with Crippen LogP contribution in [0.2, 0.25) is 0 Å². The fraction of sp³-hybridized carbons (Fsp3) is 0. The quantitative estimate of drug-likeness (QED) is 0.549. The van der Waals surface area contributed by atoms with Gasteiger partial charge in [-0.05, 0) is 0 Å². The third kappa shape index (κ3) is 9.17. The van der Waals surface area contributed by atoms with E-state index in [0.717, 1.165) is 0 Å². The van der Waals surface area contributed by atoms with E-state index in [4.69, 9.17) is 0 Å². The second kappa shape index (κ2) is 21.2. The minimum absolute atomic E-state index is 0. The van der Waals surface area contributed by atoms with Gasteiger partial charge in [-0.1, -0.05) is 0 Å². The molecular formula is H8Br2P2. The first kappa shape index (κ1) is 40.8. The summed E-state index contributed by atoms with van der Waals surface area (Å²) in [4.78, 5) is 0. The lowest BCUT2D eigenvalue weighted by Crippen LogP contribution is 0.845. The van der Waals surface area contributed by atoms with Crippen molar-refractivity contribution in [2.24, 2.45) is 0 Å². The first-order valence-electron chi connectivity index (χ1n) is 0. The van der Waals surface area contributed by atoms with Crippen LogP contribution in [0.4, 0.5) is 0 Å².